The van der Waals surface area contributed by atoms with E-state index in [-0.39, 0.29) is 27.7 Å². The van der Waals surface area contributed by atoms with E-state index in [4.69, 9.17) is 27.8 Å². The van der Waals surface area contributed by atoms with Crippen LogP contribution in [0.25, 0.3) is 10.9 Å². The van der Waals surface area contributed by atoms with Crippen LogP contribution in [0.2, 0.25) is 5.02 Å². The molecular formula is C26H27ClN8O3S2. The second-order valence-electron chi connectivity index (χ2n) is 10.0. The molecule has 2 aliphatic rings. The molecule has 0 radical (unpaired) electrons. The second-order valence-corrected chi connectivity index (χ2v) is 12.3. The first-order valence-electron chi connectivity index (χ1n) is 12.8. The minimum Gasteiger partial charge on any atom is -0.383 e. The molecule has 0 unspecified atom stereocenters. The lowest BCUT2D eigenvalue weighted by Crippen LogP contribution is -2.45. The van der Waals surface area contributed by atoms with E-state index in [0.29, 0.717) is 52.9 Å². The van der Waals surface area contributed by atoms with Crippen molar-refractivity contribution >= 4 is 57.3 Å². The summed E-state index contributed by atoms with van der Waals surface area (Å²) < 4.78 is 6.54. The predicted molar refractivity (Wildman–Crippen MR) is 154 cm³/mol. The highest BCUT2D eigenvalue weighted by molar-refractivity contribution is 7.99. The Labute approximate surface area is 242 Å². The summed E-state index contributed by atoms with van der Waals surface area (Å²) in [6.45, 7) is 2.09. The summed E-state index contributed by atoms with van der Waals surface area (Å²) in [4.78, 5) is 47.4. The van der Waals surface area contributed by atoms with Crippen molar-refractivity contribution in [1.82, 2.24) is 24.5 Å². The van der Waals surface area contributed by atoms with Gasteiger partial charge >= 0.3 is 0 Å². The number of benzene rings is 1. The maximum atomic E-state index is 13.1. The molecule has 1 aliphatic heterocycles. The number of methoxy groups -OCH3 is 1. The minimum atomic E-state index is -0.663. The lowest BCUT2D eigenvalue weighted by atomic mass is 9.74. The Morgan fingerprint density at radius 1 is 1.27 bits per heavy atom. The van der Waals surface area contributed by atoms with Gasteiger partial charge in [0.15, 0.2) is 11.5 Å². The third-order valence-electron chi connectivity index (χ3n) is 7.80. The molecule has 11 nitrogen and oxygen atoms in total. The molecule has 0 saturated carbocycles. The molecular weight excluding hydrogens is 572 g/mol. The van der Waals surface area contributed by atoms with Crippen molar-refractivity contribution in [3.05, 3.63) is 61.8 Å². The number of anilines is 1. The fourth-order valence-corrected chi connectivity index (χ4v) is 7.68. The zero-order chi connectivity index (χ0) is 28.0. The first kappa shape index (κ1) is 27.1. The maximum absolute atomic E-state index is 13.1. The average Bonchev–Trinajstić information content (AvgIpc) is 3.50. The van der Waals surface area contributed by atoms with Crippen molar-refractivity contribution in [2.24, 2.45) is 16.9 Å². The topological polar surface area (TPSA) is 155 Å². The van der Waals surface area contributed by atoms with Crippen molar-refractivity contribution in [2.45, 2.75) is 41.8 Å². The maximum Gasteiger partial charge on any atom is 0.271 e. The summed E-state index contributed by atoms with van der Waals surface area (Å²) in [5, 5.41) is 1.00. The first-order valence-corrected chi connectivity index (χ1v) is 14.8. The molecule has 4 N–H and O–H groups in total. The van der Waals surface area contributed by atoms with Crippen LogP contribution in [0.15, 0.2) is 44.9 Å². The van der Waals surface area contributed by atoms with Gasteiger partial charge in [-0.1, -0.05) is 23.4 Å². The Kier molecular flexibility index (Phi) is 7.25. The predicted octanol–water partition coefficient (Wildman–Crippen LogP) is 3.04. The lowest BCUT2D eigenvalue weighted by molar-refractivity contribution is 0.0994. The van der Waals surface area contributed by atoms with Crippen LogP contribution in [-0.4, -0.2) is 57.2 Å². The molecule has 6 rings (SSSR count). The van der Waals surface area contributed by atoms with Crippen molar-refractivity contribution in [3.63, 3.8) is 0 Å². The van der Waals surface area contributed by atoms with Gasteiger partial charge < -0.3 is 21.1 Å². The summed E-state index contributed by atoms with van der Waals surface area (Å²) in [5.74, 6) is -0.204. The van der Waals surface area contributed by atoms with Crippen molar-refractivity contribution in [3.8, 4) is 0 Å². The number of primary amides is 1. The van der Waals surface area contributed by atoms with E-state index in [0.717, 1.165) is 25.0 Å². The second kappa shape index (κ2) is 10.7. The molecule has 40 heavy (non-hydrogen) atoms. The number of amides is 1. The van der Waals surface area contributed by atoms with Gasteiger partial charge in [-0.15, -0.1) is 11.3 Å². The van der Waals surface area contributed by atoms with E-state index < -0.39 is 5.91 Å². The number of hydrogen-bond donors (Lipinski definition) is 2. The molecule has 4 aromatic rings. The molecule has 0 bridgehead atoms. The van der Waals surface area contributed by atoms with Crippen LogP contribution in [0.4, 0.5) is 5.82 Å². The van der Waals surface area contributed by atoms with E-state index in [1.165, 1.54) is 27.5 Å². The average molecular weight is 599 g/mol. The normalized spacial score (nSPS) is 18.0. The molecule has 14 heteroatoms. The summed E-state index contributed by atoms with van der Waals surface area (Å²) in [7, 11) is 1.57. The number of rotatable bonds is 7. The zero-order valence-electron chi connectivity index (χ0n) is 21.7. The number of fused-ring (bicyclic) bond motifs is 2. The SMILES string of the molecule is COCCn1cnc2ccc(Sc3cnc(N4CCC5(CC4)Cc4ncsc4[C@H]5N)c(C(N)=O)n3)c(Cl)c2c1=O. The quantitative estimate of drug-likeness (QED) is 0.324. The smallest absolute Gasteiger partial charge is 0.271 e. The molecule has 1 aromatic carbocycles. The number of aromatic nitrogens is 5. The van der Waals surface area contributed by atoms with Crippen LogP contribution < -0.4 is 21.9 Å². The number of carbonyl (C=O) groups excluding carboxylic acids is 1. The van der Waals surface area contributed by atoms with Gasteiger partial charge in [-0.25, -0.2) is 19.9 Å². The standard InChI is InChI=1S/C26H27ClN8O3S2/c1-38-9-8-35-12-31-14-2-3-16(19(27)18(14)25(35)37)40-17-11-30-24(20(33-17)23(29)36)34-6-4-26(5-7-34)10-15-21(22(26)28)39-13-32-15/h2-3,11-13,22H,4-10,28H2,1H3,(H2,29,36)/t22-/m1/s1. The van der Waals surface area contributed by atoms with Gasteiger partial charge in [0.25, 0.3) is 11.5 Å². The van der Waals surface area contributed by atoms with Crippen molar-refractivity contribution in [2.75, 3.05) is 31.7 Å². The molecule has 4 heterocycles. The number of thiazole rings is 1. The van der Waals surface area contributed by atoms with Gasteiger partial charge in [-0.3, -0.25) is 14.2 Å². The van der Waals surface area contributed by atoms with Gasteiger partial charge in [0.2, 0.25) is 0 Å². The van der Waals surface area contributed by atoms with Gasteiger partial charge in [-0.2, -0.15) is 0 Å². The molecule has 1 spiro atoms. The Bertz CT molecular complexity index is 1670. The molecule has 1 aliphatic carbocycles. The monoisotopic (exact) mass is 598 g/mol. The fraction of sp³-hybridized carbons (Fsp3) is 0.385. The lowest BCUT2D eigenvalue weighted by Gasteiger charge is -2.42. The fourth-order valence-electron chi connectivity index (χ4n) is 5.58. The molecule has 1 saturated heterocycles. The zero-order valence-corrected chi connectivity index (χ0v) is 24.1. The summed E-state index contributed by atoms with van der Waals surface area (Å²) in [6.07, 6.45) is 5.67. The van der Waals surface area contributed by atoms with Crippen LogP contribution in [0.1, 0.15) is 39.9 Å². The van der Waals surface area contributed by atoms with E-state index >= 15 is 0 Å². The number of hydrogen-bond acceptors (Lipinski definition) is 11. The minimum absolute atomic E-state index is 0.0220. The van der Waals surface area contributed by atoms with Gasteiger partial charge in [0.05, 0.1) is 52.8 Å². The Morgan fingerprint density at radius 3 is 2.80 bits per heavy atom. The van der Waals surface area contributed by atoms with E-state index in [1.807, 2.05) is 5.51 Å². The number of ether oxygens (including phenoxy) is 1. The van der Waals surface area contributed by atoms with Crippen LogP contribution in [-0.2, 0) is 17.7 Å². The number of halogens is 1. The first-order chi connectivity index (χ1) is 19.3. The van der Waals surface area contributed by atoms with Crippen molar-refractivity contribution < 1.29 is 9.53 Å². The van der Waals surface area contributed by atoms with Gasteiger partial charge in [-0.05, 0) is 36.8 Å². The van der Waals surface area contributed by atoms with Crippen molar-refractivity contribution in [1.29, 1.82) is 0 Å². The highest BCUT2D eigenvalue weighted by Gasteiger charge is 2.47. The van der Waals surface area contributed by atoms with E-state index in [9.17, 15) is 9.59 Å². The number of nitrogens with zero attached hydrogens (tertiary/aromatic N) is 6. The van der Waals surface area contributed by atoms with E-state index in [2.05, 4.69) is 24.8 Å². The molecule has 1 amide bonds. The van der Waals surface area contributed by atoms with E-state index in [1.54, 1.807) is 36.8 Å². The Morgan fingerprint density at radius 2 is 2.08 bits per heavy atom. The van der Waals surface area contributed by atoms with Crippen LogP contribution in [0.3, 0.4) is 0 Å². The number of nitrogens with two attached hydrogens (primary N) is 2. The van der Waals surface area contributed by atoms with Gasteiger partial charge in [0, 0.05) is 36.0 Å². The molecule has 1 atom stereocenters. The molecule has 1 fully saturated rings. The highest BCUT2D eigenvalue weighted by Crippen LogP contribution is 2.52. The summed E-state index contributed by atoms with van der Waals surface area (Å²) >= 11 is 9.52. The summed E-state index contributed by atoms with van der Waals surface area (Å²) in [6, 6.07) is 3.47. The highest BCUT2D eigenvalue weighted by atomic mass is 35.5. The Balaban J connectivity index is 1.24. The van der Waals surface area contributed by atoms with Gasteiger partial charge in [0.1, 0.15) is 5.03 Å². The molecule has 3 aromatic heterocycles. The van der Waals surface area contributed by atoms with Crippen LogP contribution >= 0.6 is 34.7 Å². The third kappa shape index (κ3) is 4.65. The number of piperidine rings is 1. The third-order valence-corrected chi connectivity index (χ3v) is 10.2. The summed E-state index contributed by atoms with van der Waals surface area (Å²) in [5.41, 5.74) is 15.7. The molecule has 208 valence electrons. The van der Waals surface area contributed by atoms with Crippen LogP contribution in [0, 0.1) is 5.41 Å². The number of carbonyl (C=O) groups is 1. The Hall–Kier alpha value is -3.10. The largest absolute Gasteiger partial charge is 0.383 e. The van der Waals surface area contributed by atoms with Crippen LogP contribution in [0.5, 0.6) is 0 Å².